The van der Waals surface area contributed by atoms with Crippen LogP contribution in [0.2, 0.25) is 0 Å². The maximum absolute atomic E-state index is 12.0. The van der Waals surface area contributed by atoms with E-state index in [2.05, 4.69) is 14.9 Å². The Morgan fingerprint density at radius 2 is 2.19 bits per heavy atom. The number of carbonyl (C=O) groups excluding carboxylic acids is 1. The lowest BCUT2D eigenvalue weighted by molar-refractivity contribution is -0.143. The fourth-order valence-electron chi connectivity index (χ4n) is 2.46. The third kappa shape index (κ3) is 3.13. The summed E-state index contributed by atoms with van der Waals surface area (Å²) >= 11 is 0. The van der Waals surface area contributed by atoms with Crippen molar-refractivity contribution in [2.45, 2.75) is 31.5 Å². The highest BCUT2D eigenvalue weighted by Gasteiger charge is 2.26. The monoisotopic (exact) mass is 285 g/mol. The summed E-state index contributed by atoms with van der Waals surface area (Å²) in [4.78, 5) is 16.2. The van der Waals surface area contributed by atoms with Gasteiger partial charge in [0.05, 0.1) is 19.1 Å². The molecule has 0 saturated heterocycles. The van der Waals surface area contributed by atoms with Crippen LogP contribution in [0.1, 0.15) is 36.2 Å². The van der Waals surface area contributed by atoms with E-state index in [0.29, 0.717) is 12.6 Å². The van der Waals surface area contributed by atoms with E-state index in [1.807, 2.05) is 42.9 Å². The molecule has 1 heterocycles. The van der Waals surface area contributed by atoms with Gasteiger partial charge in [0.15, 0.2) is 0 Å². The fourth-order valence-corrected chi connectivity index (χ4v) is 2.46. The molecule has 2 aromatic rings. The molecule has 3 rings (SSSR count). The maximum atomic E-state index is 12.0. The minimum Gasteiger partial charge on any atom is -0.468 e. The average molecular weight is 285 g/mol. The molecule has 1 aliphatic rings. The first kappa shape index (κ1) is 13.8. The van der Waals surface area contributed by atoms with Crippen molar-refractivity contribution in [3.8, 4) is 0 Å². The van der Waals surface area contributed by atoms with Crippen molar-refractivity contribution in [3.05, 3.63) is 54.1 Å². The van der Waals surface area contributed by atoms with Gasteiger partial charge in [0.1, 0.15) is 6.04 Å². The summed E-state index contributed by atoms with van der Waals surface area (Å²) in [6.07, 6.45) is 6.14. The topological polar surface area (TPSA) is 56.1 Å². The number of nitrogens with one attached hydrogen (secondary N) is 1. The summed E-state index contributed by atoms with van der Waals surface area (Å²) in [6.45, 7) is 0.588. The predicted molar refractivity (Wildman–Crippen MR) is 78.5 cm³/mol. The summed E-state index contributed by atoms with van der Waals surface area (Å²) in [7, 11) is 1.41. The second-order valence-electron chi connectivity index (χ2n) is 5.27. The van der Waals surface area contributed by atoms with Gasteiger partial charge in [0.2, 0.25) is 0 Å². The van der Waals surface area contributed by atoms with E-state index < -0.39 is 6.04 Å². The van der Waals surface area contributed by atoms with Gasteiger partial charge in [-0.2, -0.15) is 0 Å². The highest BCUT2D eigenvalue weighted by atomic mass is 16.5. The SMILES string of the molecule is COC(=O)C(NCc1cncn1C1CC1)c1ccccc1. The van der Waals surface area contributed by atoms with E-state index in [-0.39, 0.29) is 5.97 Å². The second-order valence-corrected chi connectivity index (χ2v) is 5.27. The standard InChI is InChI=1S/C16H19N3O2/c1-21-16(20)15(12-5-3-2-4-6-12)18-10-14-9-17-11-19(14)13-7-8-13/h2-6,9,11,13,15,18H,7-8,10H2,1H3. The summed E-state index contributed by atoms with van der Waals surface area (Å²) in [5.41, 5.74) is 2.00. The van der Waals surface area contributed by atoms with E-state index in [0.717, 1.165) is 11.3 Å². The summed E-state index contributed by atoms with van der Waals surface area (Å²) in [6, 6.07) is 9.74. The van der Waals surface area contributed by atoms with Crippen LogP contribution in [-0.4, -0.2) is 22.6 Å². The third-order valence-electron chi connectivity index (χ3n) is 3.74. The molecular formula is C16H19N3O2. The Balaban J connectivity index is 1.73. The van der Waals surface area contributed by atoms with Crippen LogP contribution in [0.5, 0.6) is 0 Å². The molecule has 1 aromatic carbocycles. The van der Waals surface area contributed by atoms with Crippen LogP contribution in [0.4, 0.5) is 0 Å². The predicted octanol–water partition coefficient (Wildman–Crippen LogP) is 2.22. The first-order chi connectivity index (χ1) is 10.3. The Bertz CT molecular complexity index is 605. The van der Waals surface area contributed by atoms with Crippen LogP contribution in [0, 0.1) is 0 Å². The number of benzene rings is 1. The number of rotatable bonds is 6. The fraction of sp³-hybridized carbons (Fsp3) is 0.375. The zero-order chi connectivity index (χ0) is 14.7. The van der Waals surface area contributed by atoms with Crippen molar-refractivity contribution < 1.29 is 9.53 Å². The van der Waals surface area contributed by atoms with Crippen LogP contribution in [0.15, 0.2) is 42.9 Å². The van der Waals surface area contributed by atoms with Crippen LogP contribution in [-0.2, 0) is 16.1 Å². The Morgan fingerprint density at radius 1 is 1.43 bits per heavy atom. The number of hydrogen-bond acceptors (Lipinski definition) is 4. The van der Waals surface area contributed by atoms with Gasteiger partial charge in [-0.05, 0) is 18.4 Å². The summed E-state index contributed by atoms with van der Waals surface area (Å²) < 4.78 is 7.09. The van der Waals surface area contributed by atoms with Crippen LogP contribution >= 0.6 is 0 Å². The van der Waals surface area contributed by atoms with E-state index >= 15 is 0 Å². The lowest BCUT2D eigenvalue weighted by Gasteiger charge is -2.17. The van der Waals surface area contributed by atoms with Gasteiger partial charge < -0.3 is 9.30 Å². The van der Waals surface area contributed by atoms with Crippen molar-refractivity contribution in [3.63, 3.8) is 0 Å². The highest BCUT2D eigenvalue weighted by molar-refractivity contribution is 5.77. The van der Waals surface area contributed by atoms with Crippen molar-refractivity contribution in [1.29, 1.82) is 0 Å². The molecule has 0 radical (unpaired) electrons. The van der Waals surface area contributed by atoms with Crippen molar-refractivity contribution in [2.24, 2.45) is 0 Å². The zero-order valence-electron chi connectivity index (χ0n) is 12.0. The molecule has 0 bridgehead atoms. The van der Waals surface area contributed by atoms with E-state index in [1.165, 1.54) is 20.0 Å². The Hall–Kier alpha value is -2.14. The van der Waals surface area contributed by atoms with Gasteiger partial charge in [0.25, 0.3) is 0 Å². The summed E-state index contributed by atoms with van der Waals surface area (Å²) in [5, 5.41) is 3.28. The van der Waals surface area contributed by atoms with Crippen LogP contribution < -0.4 is 5.32 Å². The van der Waals surface area contributed by atoms with Crippen LogP contribution in [0.3, 0.4) is 0 Å². The molecule has 0 aliphatic heterocycles. The largest absolute Gasteiger partial charge is 0.468 e. The molecule has 1 N–H and O–H groups in total. The molecule has 0 amide bonds. The molecule has 1 unspecified atom stereocenters. The van der Waals surface area contributed by atoms with Gasteiger partial charge in [-0.1, -0.05) is 30.3 Å². The number of carbonyl (C=O) groups is 1. The van der Waals surface area contributed by atoms with Gasteiger partial charge in [-0.15, -0.1) is 0 Å². The van der Waals surface area contributed by atoms with E-state index in [4.69, 9.17) is 4.74 Å². The highest BCUT2D eigenvalue weighted by Crippen LogP contribution is 2.35. The second kappa shape index (κ2) is 6.10. The maximum Gasteiger partial charge on any atom is 0.327 e. The molecule has 110 valence electrons. The van der Waals surface area contributed by atoms with Crippen molar-refractivity contribution in [1.82, 2.24) is 14.9 Å². The van der Waals surface area contributed by atoms with Crippen molar-refractivity contribution >= 4 is 5.97 Å². The number of ether oxygens (including phenoxy) is 1. The minimum absolute atomic E-state index is 0.279. The molecular weight excluding hydrogens is 266 g/mol. The quantitative estimate of drug-likeness (QED) is 0.827. The van der Waals surface area contributed by atoms with Gasteiger partial charge in [-0.3, -0.25) is 5.32 Å². The van der Waals surface area contributed by atoms with E-state index in [9.17, 15) is 4.79 Å². The molecule has 5 heteroatoms. The first-order valence-electron chi connectivity index (χ1n) is 7.16. The molecule has 5 nitrogen and oxygen atoms in total. The zero-order valence-corrected chi connectivity index (χ0v) is 12.0. The van der Waals surface area contributed by atoms with Crippen LogP contribution in [0.25, 0.3) is 0 Å². The van der Waals surface area contributed by atoms with Gasteiger partial charge >= 0.3 is 5.97 Å². The number of hydrogen-bond donors (Lipinski definition) is 1. The molecule has 1 atom stereocenters. The lowest BCUT2D eigenvalue weighted by Crippen LogP contribution is -2.29. The van der Waals surface area contributed by atoms with Crippen molar-refractivity contribution in [2.75, 3.05) is 7.11 Å². The molecule has 1 aromatic heterocycles. The Morgan fingerprint density at radius 3 is 2.86 bits per heavy atom. The number of esters is 1. The smallest absolute Gasteiger partial charge is 0.327 e. The number of nitrogens with zero attached hydrogens (tertiary/aromatic N) is 2. The molecule has 1 saturated carbocycles. The normalized spacial score (nSPS) is 15.7. The number of methoxy groups -OCH3 is 1. The molecule has 21 heavy (non-hydrogen) atoms. The summed E-state index contributed by atoms with van der Waals surface area (Å²) in [5.74, 6) is -0.279. The molecule has 1 aliphatic carbocycles. The lowest BCUT2D eigenvalue weighted by atomic mass is 10.1. The first-order valence-corrected chi connectivity index (χ1v) is 7.16. The number of imidazole rings is 1. The third-order valence-corrected chi connectivity index (χ3v) is 3.74. The average Bonchev–Trinajstić information content (AvgIpc) is 3.27. The van der Waals surface area contributed by atoms with Gasteiger partial charge in [-0.25, -0.2) is 9.78 Å². The Labute approximate surface area is 124 Å². The minimum atomic E-state index is -0.459. The van der Waals surface area contributed by atoms with E-state index in [1.54, 1.807) is 0 Å². The molecule has 0 spiro atoms. The Kier molecular flexibility index (Phi) is 4.01. The van der Waals surface area contributed by atoms with Gasteiger partial charge in [0, 0.05) is 18.8 Å². The molecule has 1 fully saturated rings. The number of aromatic nitrogens is 2.